The molecule has 0 spiro atoms. The summed E-state index contributed by atoms with van der Waals surface area (Å²) in [6.07, 6.45) is 10.8. The molecule has 26 heavy (non-hydrogen) atoms. The molecule has 0 heteroatoms. The molecule has 0 nitrogen and oxygen atoms in total. The Balaban J connectivity index is 2.24. The van der Waals surface area contributed by atoms with Crippen LogP contribution in [0.2, 0.25) is 0 Å². The second-order valence-corrected chi connectivity index (χ2v) is 8.76. The number of hydrogen-bond donors (Lipinski definition) is 0. The molecule has 0 radical (unpaired) electrons. The van der Waals surface area contributed by atoms with Gasteiger partial charge in [-0.2, -0.15) is 0 Å². The quantitative estimate of drug-likeness (QED) is 0.379. The number of rotatable bonds is 10. The lowest BCUT2D eigenvalue weighted by Gasteiger charge is -2.46. The van der Waals surface area contributed by atoms with Crippen LogP contribution in [0.4, 0.5) is 0 Å². The highest BCUT2D eigenvalue weighted by Crippen LogP contribution is 2.50. The molecule has 0 saturated heterocycles. The molecule has 0 amide bonds. The molecule has 2 aromatic carbocycles. The van der Waals surface area contributed by atoms with Crippen molar-refractivity contribution in [1.82, 2.24) is 0 Å². The van der Waals surface area contributed by atoms with Gasteiger partial charge < -0.3 is 0 Å². The van der Waals surface area contributed by atoms with Crippen molar-refractivity contribution in [1.29, 1.82) is 0 Å². The highest BCUT2D eigenvalue weighted by Gasteiger charge is 2.44. The molecule has 2 aromatic rings. The summed E-state index contributed by atoms with van der Waals surface area (Å²) in [5.74, 6) is 0. The predicted molar refractivity (Wildman–Crippen MR) is 116 cm³/mol. The van der Waals surface area contributed by atoms with Gasteiger partial charge in [-0.3, -0.25) is 0 Å². The minimum Gasteiger partial charge on any atom is -0.0654 e. The van der Waals surface area contributed by atoms with E-state index in [1.807, 2.05) is 0 Å². The normalized spacial score (nSPS) is 12.3. The summed E-state index contributed by atoms with van der Waals surface area (Å²) in [5, 5.41) is 0. The minimum absolute atomic E-state index is 0.0684. The van der Waals surface area contributed by atoms with Crippen LogP contribution in [0.1, 0.15) is 90.2 Å². The van der Waals surface area contributed by atoms with Gasteiger partial charge >= 0.3 is 0 Å². The number of hydrogen-bond acceptors (Lipinski definition) is 0. The highest BCUT2D eigenvalue weighted by molar-refractivity contribution is 5.41. The fourth-order valence-corrected chi connectivity index (χ4v) is 4.49. The van der Waals surface area contributed by atoms with Crippen LogP contribution in [0.5, 0.6) is 0 Å². The number of benzene rings is 2. The average Bonchev–Trinajstić information content (AvgIpc) is 2.64. The van der Waals surface area contributed by atoms with E-state index in [1.54, 1.807) is 0 Å². The molecular weight excluding hydrogens is 312 g/mol. The van der Waals surface area contributed by atoms with E-state index in [9.17, 15) is 0 Å². The van der Waals surface area contributed by atoms with E-state index >= 15 is 0 Å². The van der Waals surface area contributed by atoms with Crippen molar-refractivity contribution in [2.45, 2.75) is 84.5 Å². The first kappa shape index (κ1) is 20.7. The molecule has 0 unspecified atom stereocenters. The monoisotopic (exact) mass is 350 g/mol. The molecule has 0 bridgehead atoms. The zero-order chi connectivity index (χ0) is 18.9. The third kappa shape index (κ3) is 5.00. The zero-order valence-corrected chi connectivity index (χ0v) is 17.4. The van der Waals surface area contributed by atoms with Gasteiger partial charge in [0.2, 0.25) is 0 Å². The minimum atomic E-state index is 0.0684. The van der Waals surface area contributed by atoms with Crippen LogP contribution in [0.3, 0.4) is 0 Å². The maximum atomic E-state index is 2.41. The van der Waals surface area contributed by atoms with Gasteiger partial charge in [0.15, 0.2) is 0 Å². The van der Waals surface area contributed by atoms with Gasteiger partial charge in [-0.1, -0.05) is 133 Å². The summed E-state index contributed by atoms with van der Waals surface area (Å²) in [6, 6.07) is 22.4. The maximum Gasteiger partial charge on any atom is 0.0251 e. The second kappa shape index (κ2) is 9.95. The van der Waals surface area contributed by atoms with Crippen LogP contribution in [0, 0.1) is 5.41 Å². The predicted octanol–water partition coefficient (Wildman–Crippen LogP) is 8.16. The van der Waals surface area contributed by atoms with E-state index in [-0.39, 0.29) is 10.8 Å². The Morgan fingerprint density at radius 1 is 0.577 bits per heavy atom. The van der Waals surface area contributed by atoms with E-state index in [2.05, 4.69) is 88.4 Å². The lowest BCUT2D eigenvalue weighted by Crippen LogP contribution is -2.41. The lowest BCUT2D eigenvalue weighted by atomic mass is 9.57. The van der Waals surface area contributed by atoms with Crippen molar-refractivity contribution in [3.05, 3.63) is 71.8 Å². The largest absolute Gasteiger partial charge is 0.0654 e. The Hall–Kier alpha value is -1.56. The summed E-state index contributed by atoms with van der Waals surface area (Å²) in [5.41, 5.74) is 3.16. The van der Waals surface area contributed by atoms with Gasteiger partial charge in [-0.25, -0.2) is 0 Å². The van der Waals surface area contributed by atoms with Crippen molar-refractivity contribution in [3.63, 3.8) is 0 Å². The van der Waals surface area contributed by atoms with E-state index in [0.29, 0.717) is 0 Å². The van der Waals surface area contributed by atoms with E-state index in [0.717, 1.165) is 0 Å². The first-order valence-electron chi connectivity index (χ1n) is 10.6. The van der Waals surface area contributed by atoms with E-state index in [4.69, 9.17) is 0 Å². The molecule has 0 heterocycles. The van der Waals surface area contributed by atoms with Gasteiger partial charge in [-0.05, 0) is 23.0 Å². The summed E-state index contributed by atoms with van der Waals surface area (Å²) in [4.78, 5) is 0. The molecule has 0 aromatic heterocycles. The fraction of sp³-hybridized carbons (Fsp3) is 0.538. The second-order valence-electron chi connectivity index (χ2n) is 8.76. The van der Waals surface area contributed by atoms with Crippen LogP contribution >= 0.6 is 0 Å². The van der Waals surface area contributed by atoms with Crippen LogP contribution in [-0.2, 0) is 5.41 Å². The third-order valence-corrected chi connectivity index (χ3v) is 5.97. The van der Waals surface area contributed by atoms with Gasteiger partial charge in [0.25, 0.3) is 0 Å². The summed E-state index contributed by atoms with van der Waals surface area (Å²) < 4.78 is 0. The van der Waals surface area contributed by atoms with Gasteiger partial charge in [0.1, 0.15) is 0 Å². The molecule has 0 fully saturated rings. The standard InChI is InChI=1S/C26H38/c1-5-6-7-8-9-10-17-22-26(25(2,3)4,23-18-13-11-14-19-23)24-20-15-12-16-21-24/h11-16,18-21H,5-10,17,22H2,1-4H3. The first-order valence-corrected chi connectivity index (χ1v) is 10.6. The Morgan fingerprint density at radius 3 is 1.42 bits per heavy atom. The Bertz CT molecular complexity index is 564. The molecule has 0 atom stereocenters. The molecule has 0 saturated carbocycles. The summed E-state index contributed by atoms with van der Waals surface area (Å²) >= 11 is 0. The van der Waals surface area contributed by atoms with E-state index in [1.165, 1.54) is 62.5 Å². The molecule has 142 valence electrons. The molecule has 0 aliphatic rings. The first-order chi connectivity index (χ1) is 12.5. The Kier molecular flexibility index (Phi) is 7.94. The molecule has 2 rings (SSSR count). The van der Waals surface area contributed by atoms with Crippen molar-refractivity contribution < 1.29 is 0 Å². The van der Waals surface area contributed by atoms with Crippen LogP contribution in [0.25, 0.3) is 0 Å². The van der Waals surface area contributed by atoms with Crippen molar-refractivity contribution in [3.8, 4) is 0 Å². The highest BCUT2D eigenvalue weighted by atomic mass is 14.5. The lowest BCUT2D eigenvalue weighted by molar-refractivity contribution is 0.207. The summed E-state index contributed by atoms with van der Waals surface area (Å²) in [6.45, 7) is 9.52. The van der Waals surface area contributed by atoms with Gasteiger partial charge in [0, 0.05) is 5.41 Å². The van der Waals surface area contributed by atoms with Crippen LogP contribution < -0.4 is 0 Å². The Labute approximate surface area is 162 Å². The zero-order valence-electron chi connectivity index (χ0n) is 17.4. The van der Waals surface area contributed by atoms with Crippen molar-refractivity contribution in [2.75, 3.05) is 0 Å². The van der Waals surface area contributed by atoms with Crippen LogP contribution in [-0.4, -0.2) is 0 Å². The average molecular weight is 351 g/mol. The topological polar surface area (TPSA) is 0 Å². The molecule has 0 aliphatic carbocycles. The SMILES string of the molecule is CCCCCCCCCC(c1ccccc1)(c1ccccc1)C(C)(C)C. The van der Waals surface area contributed by atoms with Crippen LogP contribution in [0.15, 0.2) is 60.7 Å². The third-order valence-electron chi connectivity index (χ3n) is 5.97. The summed E-state index contributed by atoms with van der Waals surface area (Å²) in [7, 11) is 0. The number of unbranched alkanes of at least 4 members (excludes halogenated alkanes) is 6. The molecule has 0 N–H and O–H groups in total. The smallest absolute Gasteiger partial charge is 0.0251 e. The van der Waals surface area contributed by atoms with Crippen molar-refractivity contribution in [2.24, 2.45) is 5.41 Å². The van der Waals surface area contributed by atoms with E-state index < -0.39 is 0 Å². The van der Waals surface area contributed by atoms with Crippen molar-refractivity contribution >= 4 is 0 Å². The molecule has 0 aliphatic heterocycles. The fourth-order valence-electron chi connectivity index (χ4n) is 4.49. The Morgan fingerprint density at radius 2 is 1.00 bits per heavy atom. The maximum absolute atomic E-state index is 2.41. The molecular formula is C26H38. The van der Waals surface area contributed by atoms with Gasteiger partial charge in [0.05, 0.1) is 0 Å². The van der Waals surface area contributed by atoms with Gasteiger partial charge in [-0.15, -0.1) is 0 Å².